The van der Waals surface area contributed by atoms with Crippen molar-refractivity contribution in [3.8, 4) is 0 Å². The highest BCUT2D eigenvalue weighted by molar-refractivity contribution is 5.94. The predicted octanol–water partition coefficient (Wildman–Crippen LogP) is 4.14. The maximum atomic E-state index is 13.0. The smallest absolute Gasteiger partial charge is 0.356 e. The summed E-state index contributed by atoms with van der Waals surface area (Å²) < 4.78 is 39.0. The number of anilines is 1. The highest BCUT2D eigenvalue weighted by Gasteiger charge is 2.50. The van der Waals surface area contributed by atoms with Crippen molar-refractivity contribution in [3.63, 3.8) is 0 Å². The van der Waals surface area contributed by atoms with E-state index in [2.05, 4.69) is 10.3 Å². The molecule has 7 heteroatoms. The Morgan fingerprint density at radius 1 is 1.14 bits per heavy atom. The molecule has 0 unspecified atom stereocenters. The summed E-state index contributed by atoms with van der Waals surface area (Å²) in [7, 11) is 0. The molecular formula is C21H22F3N3O. The van der Waals surface area contributed by atoms with Crippen molar-refractivity contribution in [1.29, 1.82) is 0 Å². The topological polar surface area (TPSA) is 45.2 Å². The molecule has 1 aliphatic heterocycles. The largest absolute Gasteiger partial charge is 0.433 e. The van der Waals surface area contributed by atoms with Crippen LogP contribution in [0, 0.1) is 11.8 Å². The number of nitrogens with one attached hydrogen (secondary N) is 1. The number of halogens is 3. The minimum atomic E-state index is -4.45. The fourth-order valence-corrected chi connectivity index (χ4v) is 4.58. The van der Waals surface area contributed by atoms with E-state index >= 15 is 0 Å². The molecule has 4 nitrogen and oxygen atoms in total. The van der Waals surface area contributed by atoms with E-state index in [1.165, 1.54) is 6.07 Å². The lowest BCUT2D eigenvalue weighted by Crippen LogP contribution is -2.50. The molecule has 2 fully saturated rings. The van der Waals surface area contributed by atoms with E-state index < -0.39 is 11.9 Å². The SMILES string of the molecule is C[C@]1(NC(=O)c2ccccc2)CC[C@@H]2CN(c3cccc(C(F)(F)F)n3)C[C@@H]21. The van der Waals surface area contributed by atoms with Crippen molar-refractivity contribution in [3.05, 3.63) is 59.8 Å². The van der Waals surface area contributed by atoms with Gasteiger partial charge in [-0.2, -0.15) is 13.2 Å². The standard InChI is InChI=1S/C21H22F3N3O/c1-20(26-19(28)14-6-3-2-4-7-14)11-10-15-12-27(13-16(15)20)18-9-5-8-17(25-18)21(22,23)24/h2-9,15-16H,10-13H2,1H3,(H,26,28)/t15-,16+,20+/m1/s1. The third-order valence-corrected chi connectivity index (χ3v) is 6.08. The molecule has 1 aromatic carbocycles. The van der Waals surface area contributed by atoms with Gasteiger partial charge in [-0.1, -0.05) is 24.3 Å². The second-order valence-electron chi connectivity index (χ2n) is 7.93. The van der Waals surface area contributed by atoms with Crippen molar-refractivity contribution in [2.45, 2.75) is 31.5 Å². The zero-order valence-corrected chi connectivity index (χ0v) is 15.5. The summed E-state index contributed by atoms with van der Waals surface area (Å²) in [5.74, 6) is 0.745. The lowest BCUT2D eigenvalue weighted by Gasteiger charge is -2.33. The lowest BCUT2D eigenvalue weighted by molar-refractivity contribution is -0.141. The van der Waals surface area contributed by atoms with Gasteiger partial charge in [-0.05, 0) is 49.9 Å². The van der Waals surface area contributed by atoms with E-state index in [-0.39, 0.29) is 17.4 Å². The van der Waals surface area contributed by atoms with Gasteiger partial charge in [0.2, 0.25) is 0 Å². The molecule has 0 bridgehead atoms. The summed E-state index contributed by atoms with van der Waals surface area (Å²) >= 11 is 0. The molecule has 28 heavy (non-hydrogen) atoms. The summed E-state index contributed by atoms with van der Waals surface area (Å²) in [6.45, 7) is 3.29. The van der Waals surface area contributed by atoms with Gasteiger partial charge in [0, 0.05) is 30.1 Å². The zero-order chi connectivity index (χ0) is 19.9. The summed E-state index contributed by atoms with van der Waals surface area (Å²) in [4.78, 5) is 18.4. The van der Waals surface area contributed by atoms with E-state index in [0.717, 1.165) is 18.9 Å². The van der Waals surface area contributed by atoms with Gasteiger partial charge in [-0.3, -0.25) is 4.79 Å². The van der Waals surface area contributed by atoms with Crippen LogP contribution < -0.4 is 10.2 Å². The Morgan fingerprint density at radius 3 is 2.61 bits per heavy atom. The van der Waals surface area contributed by atoms with Crippen LogP contribution >= 0.6 is 0 Å². The average molecular weight is 389 g/mol. The first-order valence-electron chi connectivity index (χ1n) is 9.43. The second kappa shape index (κ2) is 6.79. The van der Waals surface area contributed by atoms with Crippen molar-refractivity contribution < 1.29 is 18.0 Å². The number of nitrogens with zero attached hydrogens (tertiary/aromatic N) is 2. The summed E-state index contributed by atoms with van der Waals surface area (Å²) in [6.07, 6.45) is -2.65. The van der Waals surface area contributed by atoms with Gasteiger partial charge >= 0.3 is 6.18 Å². The average Bonchev–Trinajstić information content (AvgIpc) is 3.23. The number of pyridine rings is 1. The van der Waals surface area contributed by atoms with Gasteiger partial charge in [0.15, 0.2) is 0 Å². The second-order valence-corrected chi connectivity index (χ2v) is 7.93. The number of fused-ring (bicyclic) bond motifs is 1. The van der Waals surface area contributed by atoms with Crippen LogP contribution in [-0.2, 0) is 6.18 Å². The number of carbonyl (C=O) groups is 1. The first-order valence-corrected chi connectivity index (χ1v) is 9.43. The molecule has 1 aromatic heterocycles. The molecular weight excluding hydrogens is 367 g/mol. The molecule has 3 atom stereocenters. The summed E-state index contributed by atoms with van der Waals surface area (Å²) in [6, 6.07) is 13.1. The van der Waals surface area contributed by atoms with Gasteiger partial charge < -0.3 is 10.2 Å². The Balaban J connectivity index is 1.50. The highest BCUT2D eigenvalue weighted by atomic mass is 19.4. The molecule has 148 valence electrons. The number of alkyl halides is 3. The predicted molar refractivity (Wildman–Crippen MR) is 100.0 cm³/mol. The Morgan fingerprint density at radius 2 is 1.89 bits per heavy atom. The molecule has 0 radical (unpaired) electrons. The summed E-state index contributed by atoms with van der Waals surface area (Å²) in [5.41, 5.74) is -0.641. The monoisotopic (exact) mass is 389 g/mol. The fraction of sp³-hybridized carbons (Fsp3) is 0.429. The molecule has 2 heterocycles. The summed E-state index contributed by atoms with van der Waals surface area (Å²) in [5, 5.41) is 3.18. The van der Waals surface area contributed by atoms with Gasteiger partial charge in [0.25, 0.3) is 5.91 Å². The molecule has 1 saturated heterocycles. The van der Waals surface area contributed by atoms with Crippen LogP contribution in [0.2, 0.25) is 0 Å². The maximum Gasteiger partial charge on any atom is 0.433 e. The molecule has 2 aromatic rings. The van der Waals surface area contributed by atoms with E-state index in [1.54, 1.807) is 18.2 Å². The van der Waals surface area contributed by atoms with Crippen LogP contribution in [0.1, 0.15) is 35.8 Å². The molecule has 4 rings (SSSR count). The Kier molecular flexibility index (Phi) is 4.56. The van der Waals surface area contributed by atoms with E-state index in [4.69, 9.17) is 0 Å². The number of amides is 1. The number of benzene rings is 1. The van der Waals surface area contributed by atoms with E-state index in [0.29, 0.717) is 30.4 Å². The highest BCUT2D eigenvalue weighted by Crippen LogP contribution is 2.46. The van der Waals surface area contributed by atoms with Gasteiger partial charge in [-0.25, -0.2) is 4.98 Å². The van der Waals surface area contributed by atoms with Crippen molar-refractivity contribution >= 4 is 11.7 Å². The van der Waals surface area contributed by atoms with Gasteiger partial charge in [0.05, 0.1) is 0 Å². The Bertz CT molecular complexity index is 871. The number of rotatable bonds is 3. The molecule has 0 spiro atoms. The maximum absolute atomic E-state index is 13.0. The van der Waals surface area contributed by atoms with Gasteiger partial charge in [0.1, 0.15) is 11.5 Å². The molecule has 1 N–H and O–H groups in total. The minimum Gasteiger partial charge on any atom is -0.356 e. The van der Waals surface area contributed by atoms with Gasteiger partial charge in [-0.15, -0.1) is 0 Å². The van der Waals surface area contributed by atoms with Crippen LogP contribution in [0.5, 0.6) is 0 Å². The van der Waals surface area contributed by atoms with E-state index in [1.807, 2.05) is 30.0 Å². The van der Waals surface area contributed by atoms with Crippen LogP contribution in [0.25, 0.3) is 0 Å². The molecule has 1 aliphatic carbocycles. The van der Waals surface area contributed by atoms with Crippen LogP contribution in [0.15, 0.2) is 48.5 Å². The number of hydrogen-bond acceptors (Lipinski definition) is 3. The number of carbonyl (C=O) groups excluding carboxylic acids is 1. The quantitative estimate of drug-likeness (QED) is 0.858. The fourth-order valence-electron chi connectivity index (χ4n) is 4.58. The minimum absolute atomic E-state index is 0.112. The lowest BCUT2D eigenvalue weighted by atomic mass is 9.86. The molecule has 2 aliphatic rings. The normalized spacial score (nSPS) is 26.9. The van der Waals surface area contributed by atoms with Crippen molar-refractivity contribution in [2.75, 3.05) is 18.0 Å². The van der Waals surface area contributed by atoms with Crippen LogP contribution in [-0.4, -0.2) is 29.5 Å². The molecule has 1 amide bonds. The van der Waals surface area contributed by atoms with E-state index in [9.17, 15) is 18.0 Å². The molecule has 1 saturated carbocycles. The Hall–Kier alpha value is -2.57. The van der Waals surface area contributed by atoms with Crippen LogP contribution in [0.3, 0.4) is 0 Å². The number of aromatic nitrogens is 1. The van der Waals surface area contributed by atoms with Crippen LogP contribution in [0.4, 0.5) is 19.0 Å². The Labute approximate surface area is 161 Å². The first-order chi connectivity index (χ1) is 13.3. The third-order valence-electron chi connectivity index (χ3n) is 6.08. The van der Waals surface area contributed by atoms with Crippen molar-refractivity contribution in [1.82, 2.24) is 10.3 Å². The first kappa shape index (κ1) is 18.8. The number of hydrogen-bond donors (Lipinski definition) is 1. The van der Waals surface area contributed by atoms with Crippen molar-refractivity contribution in [2.24, 2.45) is 11.8 Å². The zero-order valence-electron chi connectivity index (χ0n) is 15.5. The third kappa shape index (κ3) is 3.45.